The number of aryl methyl sites for hydroxylation is 3. The lowest BCUT2D eigenvalue weighted by molar-refractivity contribution is 0.262. The zero-order valence-corrected chi connectivity index (χ0v) is 10.5. The van der Waals surface area contributed by atoms with Gasteiger partial charge in [0.25, 0.3) is 0 Å². The topological polar surface area (TPSA) is 80.0 Å². The first-order valence-electron chi connectivity index (χ1n) is 5.00. The molecule has 2 amide bonds. The van der Waals surface area contributed by atoms with Crippen LogP contribution in [0, 0.1) is 20.8 Å². The average Bonchev–Trinajstić information content (AvgIpc) is 2.75. The second-order valence-corrected chi connectivity index (χ2v) is 4.77. The highest BCUT2D eigenvalue weighted by Gasteiger charge is 2.09. The summed E-state index contributed by atoms with van der Waals surface area (Å²) in [6.07, 6.45) is 0. The standard InChI is InChI=1S/C10H12N4O2S/c1-5-4-8(14-16-5)12-9(15)13-10-11-6(2)7(3)17-10/h4H,1-3H3,(H2,11,12,13,14,15). The first-order chi connectivity index (χ1) is 8.04. The van der Waals surface area contributed by atoms with Crippen LogP contribution in [0.25, 0.3) is 0 Å². The van der Waals surface area contributed by atoms with E-state index in [0.29, 0.717) is 16.7 Å². The quantitative estimate of drug-likeness (QED) is 0.861. The van der Waals surface area contributed by atoms with Gasteiger partial charge in [-0.25, -0.2) is 9.78 Å². The number of aromatic nitrogens is 2. The van der Waals surface area contributed by atoms with Crippen molar-refractivity contribution in [2.24, 2.45) is 0 Å². The van der Waals surface area contributed by atoms with E-state index in [2.05, 4.69) is 20.8 Å². The Morgan fingerprint density at radius 2 is 2.12 bits per heavy atom. The van der Waals surface area contributed by atoms with Gasteiger partial charge in [-0.2, -0.15) is 0 Å². The van der Waals surface area contributed by atoms with E-state index in [4.69, 9.17) is 4.52 Å². The van der Waals surface area contributed by atoms with Crippen molar-refractivity contribution in [1.29, 1.82) is 0 Å². The van der Waals surface area contributed by atoms with Crippen molar-refractivity contribution >= 4 is 28.3 Å². The Balaban J connectivity index is 1.97. The highest BCUT2D eigenvalue weighted by molar-refractivity contribution is 7.15. The summed E-state index contributed by atoms with van der Waals surface area (Å²) < 4.78 is 4.83. The number of thiazole rings is 1. The first kappa shape index (κ1) is 11.6. The molecule has 0 radical (unpaired) electrons. The Hall–Kier alpha value is -1.89. The minimum absolute atomic E-state index is 0.380. The molecule has 2 aromatic rings. The molecule has 0 aliphatic carbocycles. The molecule has 6 nitrogen and oxygen atoms in total. The number of nitrogens with one attached hydrogen (secondary N) is 2. The predicted molar refractivity (Wildman–Crippen MR) is 65.5 cm³/mol. The van der Waals surface area contributed by atoms with Gasteiger partial charge in [0.2, 0.25) is 0 Å². The van der Waals surface area contributed by atoms with Gasteiger partial charge < -0.3 is 4.52 Å². The van der Waals surface area contributed by atoms with E-state index in [1.807, 2.05) is 13.8 Å². The maximum absolute atomic E-state index is 11.6. The molecule has 90 valence electrons. The molecule has 0 saturated carbocycles. The van der Waals surface area contributed by atoms with Gasteiger partial charge in [0, 0.05) is 10.9 Å². The normalized spacial score (nSPS) is 10.3. The van der Waals surface area contributed by atoms with Gasteiger partial charge in [-0.15, -0.1) is 11.3 Å². The third kappa shape index (κ3) is 2.82. The van der Waals surface area contributed by atoms with Gasteiger partial charge in [0.1, 0.15) is 5.76 Å². The van der Waals surface area contributed by atoms with Crippen molar-refractivity contribution in [3.8, 4) is 0 Å². The molecule has 2 N–H and O–H groups in total. The molecule has 2 aromatic heterocycles. The van der Waals surface area contributed by atoms with Crippen molar-refractivity contribution in [3.63, 3.8) is 0 Å². The largest absolute Gasteiger partial charge is 0.360 e. The maximum Gasteiger partial charge on any atom is 0.326 e. The molecule has 0 aliphatic rings. The Bertz CT molecular complexity index is 527. The monoisotopic (exact) mass is 252 g/mol. The minimum Gasteiger partial charge on any atom is -0.360 e. The van der Waals surface area contributed by atoms with Crippen LogP contribution in [-0.2, 0) is 0 Å². The Morgan fingerprint density at radius 1 is 1.35 bits per heavy atom. The molecule has 0 saturated heterocycles. The summed E-state index contributed by atoms with van der Waals surface area (Å²) in [4.78, 5) is 16.9. The third-order valence-electron chi connectivity index (χ3n) is 2.12. The second kappa shape index (κ2) is 4.54. The molecule has 0 fully saturated rings. The number of amides is 2. The smallest absolute Gasteiger partial charge is 0.326 e. The van der Waals surface area contributed by atoms with Crippen molar-refractivity contribution in [2.75, 3.05) is 10.6 Å². The third-order valence-corrected chi connectivity index (χ3v) is 3.11. The summed E-state index contributed by atoms with van der Waals surface area (Å²) in [6, 6.07) is 1.25. The van der Waals surface area contributed by atoms with Gasteiger partial charge in [0.05, 0.1) is 5.69 Å². The zero-order chi connectivity index (χ0) is 12.4. The number of urea groups is 1. The number of rotatable bonds is 2. The van der Waals surface area contributed by atoms with Crippen LogP contribution in [0.4, 0.5) is 15.7 Å². The van der Waals surface area contributed by atoms with E-state index in [9.17, 15) is 4.79 Å². The van der Waals surface area contributed by atoms with Crippen LogP contribution >= 0.6 is 11.3 Å². The molecule has 0 bridgehead atoms. The van der Waals surface area contributed by atoms with E-state index in [1.54, 1.807) is 13.0 Å². The summed E-state index contributed by atoms with van der Waals surface area (Å²) in [5.41, 5.74) is 0.919. The number of carbonyl (C=O) groups excluding carboxylic acids is 1. The van der Waals surface area contributed by atoms with Crippen LogP contribution in [0.1, 0.15) is 16.3 Å². The Labute approximate surface area is 102 Å². The molecule has 0 unspecified atom stereocenters. The van der Waals surface area contributed by atoms with E-state index in [1.165, 1.54) is 11.3 Å². The Kier molecular flexibility index (Phi) is 3.10. The van der Waals surface area contributed by atoms with E-state index in [0.717, 1.165) is 10.6 Å². The molecule has 2 rings (SSSR count). The van der Waals surface area contributed by atoms with Crippen LogP contribution in [0.3, 0.4) is 0 Å². The molecule has 2 heterocycles. The number of hydrogen-bond donors (Lipinski definition) is 2. The van der Waals surface area contributed by atoms with Gasteiger partial charge in [-0.1, -0.05) is 5.16 Å². The molecule has 0 spiro atoms. The van der Waals surface area contributed by atoms with Crippen molar-refractivity contribution in [1.82, 2.24) is 10.1 Å². The number of nitrogens with zero attached hydrogens (tertiary/aromatic N) is 2. The molecule has 0 aromatic carbocycles. The fraction of sp³-hybridized carbons (Fsp3) is 0.300. The fourth-order valence-electron chi connectivity index (χ4n) is 1.20. The maximum atomic E-state index is 11.6. The van der Waals surface area contributed by atoms with Crippen molar-refractivity contribution in [3.05, 3.63) is 22.4 Å². The summed E-state index contributed by atoms with van der Waals surface area (Å²) >= 11 is 1.43. The lowest BCUT2D eigenvalue weighted by atomic mass is 10.4. The molecule has 17 heavy (non-hydrogen) atoms. The average molecular weight is 252 g/mol. The van der Waals surface area contributed by atoms with Crippen LogP contribution in [-0.4, -0.2) is 16.2 Å². The molecule has 7 heteroatoms. The summed E-state index contributed by atoms with van der Waals surface area (Å²) in [7, 11) is 0. The van der Waals surface area contributed by atoms with Gasteiger partial charge in [0.15, 0.2) is 10.9 Å². The Morgan fingerprint density at radius 3 is 2.65 bits per heavy atom. The summed E-state index contributed by atoms with van der Waals surface area (Å²) in [6.45, 7) is 5.61. The summed E-state index contributed by atoms with van der Waals surface area (Å²) in [5, 5.41) is 9.41. The van der Waals surface area contributed by atoms with Gasteiger partial charge in [-0.05, 0) is 20.8 Å². The lowest BCUT2D eigenvalue weighted by Gasteiger charge is -2.00. The van der Waals surface area contributed by atoms with Crippen LogP contribution in [0.5, 0.6) is 0 Å². The SMILES string of the molecule is Cc1cc(NC(=O)Nc2nc(C)c(C)s2)no1. The summed E-state index contributed by atoms with van der Waals surface area (Å²) in [5.74, 6) is 1.02. The van der Waals surface area contributed by atoms with Gasteiger partial charge >= 0.3 is 6.03 Å². The van der Waals surface area contributed by atoms with E-state index in [-0.39, 0.29) is 6.03 Å². The lowest BCUT2D eigenvalue weighted by Crippen LogP contribution is -2.19. The van der Waals surface area contributed by atoms with Crippen molar-refractivity contribution < 1.29 is 9.32 Å². The zero-order valence-electron chi connectivity index (χ0n) is 9.70. The van der Waals surface area contributed by atoms with Crippen molar-refractivity contribution in [2.45, 2.75) is 20.8 Å². The first-order valence-corrected chi connectivity index (χ1v) is 5.81. The number of hydrogen-bond acceptors (Lipinski definition) is 5. The predicted octanol–water partition coefficient (Wildman–Crippen LogP) is 2.70. The van der Waals surface area contributed by atoms with Crippen LogP contribution in [0.15, 0.2) is 10.6 Å². The molecule has 0 aliphatic heterocycles. The number of carbonyl (C=O) groups is 1. The minimum atomic E-state index is -0.382. The van der Waals surface area contributed by atoms with E-state index >= 15 is 0 Å². The second-order valence-electron chi connectivity index (χ2n) is 3.56. The highest BCUT2D eigenvalue weighted by atomic mass is 32.1. The number of anilines is 2. The highest BCUT2D eigenvalue weighted by Crippen LogP contribution is 2.21. The van der Waals surface area contributed by atoms with E-state index < -0.39 is 0 Å². The molecular formula is C10H12N4O2S. The molecular weight excluding hydrogens is 240 g/mol. The van der Waals surface area contributed by atoms with Crippen LogP contribution < -0.4 is 10.6 Å². The molecule has 0 atom stereocenters. The fourth-order valence-corrected chi connectivity index (χ4v) is 2.01. The van der Waals surface area contributed by atoms with Crippen LogP contribution in [0.2, 0.25) is 0 Å². The van der Waals surface area contributed by atoms with Gasteiger partial charge in [-0.3, -0.25) is 10.6 Å².